The number of thiophene rings is 1. The predicted molar refractivity (Wildman–Crippen MR) is 181 cm³/mol. The number of aliphatic imine (C=N–C) groups is 1. The second-order valence-corrected chi connectivity index (χ2v) is 11.2. The van der Waals surface area contributed by atoms with E-state index in [0.29, 0.717) is 34.8 Å². The van der Waals surface area contributed by atoms with Crippen LogP contribution in [0.3, 0.4) is 0 Å². The minimum atomic E-state index is -1.04. The van der Waals surface area contributed by atoms with Crippen LogP contribution < -0.4 is 20.5 Å². The van der Waals surface area contributed by atoms with Crippen molar-refractivity contribution in [3.05, 3.63) is 106 Å². The van der Waals surface area contributed by atoms with Gasteiger partial charge in [-0.1, -0.05) is 36.4 Å². The maximum absolute atomic E-state index is 13.5. The molecule has 5 rings (SSSR count). The molecule has 0 bridgehead atoms. The summed E-state index contributed by atoms with van der Waals surface area (Å²) >= 11 is 1.11. The number of carbonyl (C=O) groups is 1. The number of nitrogens with one attached hydrogen (secondary N) is 1. The van der Waals surface area contributed by atoms with Gasteiger partial charge >= 0.3 is 5.97 Å². The third-order valence-electron chi connectivity index (χ3n) is 6.95. The Balaban J connectivity index is 0.000000354. The predicted octanol–water partition coefficient (Wildman–Crippen LogP) is 7.39. The third-order valence-corrected chi connectivity index (χ3v) is 8.02. The highest BCUT2D eigenvalue weighted by molar-refractivity contribution is 7.21. The lowest BCUT2D eigenvalue weighted by Gasteiger charge is -2.11. The molecule has 0 aliphatic heterocycles. The number of methoxy groups -OCH3 is 2. The molecule has 234 valence electrons. The van der Waals surface area contributed by atoms with Crippen molar-refractivity contribution in [2.45, 2.75) is 26.7 Å². The molecule has 0 saturated carbocycles. The van der Waals surface area contributed by atoms with Crippen molar-refractivity contribution in [3.63, 3.8) is 0 Å². The molecule has 0 saturated heterocycles. The number of aromatic nitrogens is 1. The number of benzene rings is 3. The van der Waals surface area contributed by atoms with Gasteiger partial charge < -0.3 is 25.6 Å². The molecule has 45 heavy (non-hydrogen) atoms. The first-order chi connectivity index (χ1) is 21.7. The quantitative estimate of drug-likeness (QED) is 0.109. The molecule has 2 heterocycles. The summed E-state index contributed by atoms with van der Waals surface area (Å²) in [6.45, 7) is 4.90. The van der Waals surface area contributed by atoms with Crippen molar-refractivity contribution in [2.75, 3.05) is 32.6 Å². The maximum Gasteiger partial charge on any atom is 0.348 e. The number of pyridine rings is 1. The van der Waals surface area contributed by atoms with Gasteiger partial charge in [-0.05, 0) is 98.0 Å². The molecule has 0 aliphatic rings. The lowest BCUT2D eigenvalue weighted by Crippen LogP contribution is -2.11. The third kappa shape index (κ3) is 8.87. The Morgan fingerprint density at radius 1 is 0.956 bits per heavy atom. The lowest BCUT2D eigenvalue weighted by atomic mass is 10.0. The summed E-state index contributed by atoms with van der Waals surface area (Å²) in [5.41, 5.74) is 10.6. The van der Waals surface area contributed by atoms with E-state index >= 15 is 0 Å². The Hall–Kier alpha value is -4.80. The van der Waals surface area contributed by atoms with Crippen LogP contribution in [0.4, 0.5) is 10.1 Å². The first kappa shape index (κ1) is 33.1. The van der Waals surface area contributed by atoms with Crippen LogP contribution in [0.2, 0.25) is 0 Å². The van der Waals surface area contributed by atoms with Crippen molar-refractivity contribution in [1.82, 2.24) is 4.98 Å². The van der Waals surface area contributed by atoms with Gasteiger partial charge in [0, 0.05) is 17.6 Å². The van der Waals surface area contributed by atoms with Gasteiger partial charge in [-0.25, -0.2) is 14.2 Å². The molecule has 0 fully saturated rings. The zero-order valence-corrected chi connectivity index (χ0v) is 26.6. The Morgan fingerprint density at radius 2 is 1.53 bits per heavy atom. The molecule has 0 amide bonds. The van der Waals surface area contributed by atoms with E-state index in [1.54, 1.807) is 26.4 Å². The van der Waals surface area contributed by atoms with Crippen LogP contribution in [-0.4, -0.2) is 49.2 Å². The highest BCUT2D eigenvalue weighted by atomic mass is 32.1. The summed E-state index contributed by atoms with van der Waals surface area (Å²) in [6, 6.07) is 23.8. The average molecular weight is 629 g/mol. The topological polar surface area (TPSA) is 119 Å². The van der Waals surface area contributed by atoms with E-state index in [4.69, 9.17) is 15.2 Å². The lowest BCUT2D eigenvalue weighted by molar-refractivity contribution is 0.0703. The van der Waals surface area contributed by atoms with Gasteiger partial charge in [-0.15, -0.1) is 11.3 Å². The monoisotopic (exact) mass is 628 g/mol. The number of anilines is 1. The smallest absolute Gasteiger partial charge is 0.348 e. The van der Waals surface area contributed by atoms with Gasteiger partial charge in [-0.3, -0.25) is 4.99 Å². The molecule has 10 heteroatoms. The van der Waals surface area contributed by atoms with Gasteiger partial charge in [0.1, 0.15) is 27.0 Å². The number of nitrogens with zero attached hydrogens (tertiary/aromatic N) is 2. The Kier molecular flexibility index (Phi) is 11.6. The molecule has 5 aromatic rings. The van der Waals surface area contributed by atoms with Crippen LogP contribution in [0.5, 0.6) is 11.5 Å². The number of ether oxygens (including phenoxy) is 2. The first-order valence-electron chi connectivity index (χ1n) is 14.4. The molecule has 0 atom stereocenters. The summed E-state index contributed by atoms with van der Waals surface area (Å²) in [5, 5.41) is 13.7. The number of halogens is 1. The van der Waals surface area contributed by atoms with E-state index in [1.807, 2.05) is 68.4 Å². The van der Waals surface area contributed by atoms with Gasteiger partial charge in [0.05, 0.1) is 25.7 Å². The molecule has 0 radical (unpaired) electrons. The highest BCUT2D eigenvalue weighted by Gasteiger charge is 2.22. The van der Waals surface area contributed by atoms with Crippen LogP contribution >= 0.6 is 11.3 Å². The number of aryl methyl sites for hydroxylation is 1. The molecule has 0 spiro atoms. The van der Waals surface area contributed by atoms with E-state index in [1.165, 1.54) is 17.7 Å². The van der Waals surface area contributed by atoms with Crippen LogP contribution in [0.15, 0.2) is 83.9 Å². The molecule has 4 N–H and O–H groups in total. The van der Waals surface area contributed by atoms with E-state index in [9.17, 15) is 14.3 Å². The fourth-order valence-corrected chi connectivity index (χ4v) is 5.71. The van der Waals surface area contributed by atoms with E-state index in [-0.39, 0.29) is 10.7 Å². The Morgan fingerprint density at radius 3 is 2.07 bits per heavy atom. The maximum atomic E-state index is 13.5. The second kappa shape index (κ2) is 15.8. The number of hydrogen-bond donors (Lipinski definition) is 3. The molecule has 0 unspecified atom stereocenters. The molecular formula is C35H37FN4O4S. The van der Waals surface area contributed by atoms with Crippen molar-refractivity contribution in [3.8, 4) is 22.6 Å². The van der Waals surface area contributed by atoms with Crippen LogP contribution in [0.1, 0.15) is 33.4 Å². The van der Waals surface area contributed by atoms with Crippen molar-refractivity contribution >= 4 is 39.0 Å². The number of rotatable bonds is 10. The summed E-state index contributed by atoms with van der Waals surface area (Å²) < 4.78 is 23.7. The number of amidine groups is 1. The number of hydrogen-bond acceptors (Lipinski definition) is 7. The summed E-state index contributed by atoms with van der Waals surface area (Å²) in [6.07, 6.45) is 1.67. The summed E-state index contributed by atoms with van der Waals surface area (Å²) in [4.78, 5) is 21.9. The Labute approximate surface area is 266 Å². The van der Waals surface area contributed by atoms with Gasteiger partial charge in [0.25, 0.3) is 0 Å². The molecule has 2 aromatic heterocycles. The fraction of sp³-hybridized carbons (Fsp3) is 0.229. The van der Waals surface area contributed by atoms with E-state index < -0.39 is 5.97 Å². The van der Waals surface area contributed by atoms with E-state index in [2.05, 4.69) is 15.3 Å². The molecule has 3 aromatic carbocycles. The van der Waals surface area contributed by atoms with E-state index in [0.717, 1.165) is 58.1 Å². The fourth-order valence-electron chi connectivity index (χ4n) is 4.67. The number of nitrogens with two attached hydrogens (primary N) is 1. The zero-order valence-electron chi connectivity index (χ0n) is 25.8. The number of carboxylic acids is 1. The average Bonchev–Trinajstić information content (AvgIpc) is 3.40. The molecule has 0 aliphatic carbocycles. The normalized spacial score (nSPS) is 11.1. The van der Waals surface area contributed by atoms with Gasteiger partial charge in [0.15, 0.2) is 0 Å². The summed E-state index contributed by atoms with van der Waals surface area (Å²) in [5.74, 6) is 0.920. The number of aromatic carboxylic acids is 1. The van der Waals surface area contributed by atoms with Crippen molar-refractivity contribution in [2.24, 2.45) is 10.7 Å². The minimum Gasteiger partial charge on any atom is -0.497 e. The second-order valence-electron chi connectivity index (χ2n) is 10.2. The van der Waals surface area contributed by atoms with Crippen LogP contribution in [0.25, 0.3) is 21.3 Å². The minimum absolute atomic E-state index is 0.154. The largest absolute Gasteiger partial charge is 0.497 e. The first-order valence-corrected chi connectivity index (χ1v) is 15.2. The number of fused-ring (bicyclic) bond motifs is 1. The molecular weight excluding hydrogens is 591 g/mol. The van der Waals surface area contributed by atoms with Gasteiger partial charge in [0.2, 0.25) is 0 Å². The zero-order chi connectivity index (χ0) is 32.3. The SMILES string of the molecule is COc1ccc(CCN)cc1.COc1ccc(CCN=C(C)Nc2c(C(=O)O)sc3nc(C)cc(-c4ccc(F)cc4)c23)cc1. The standard InChI is InChI=1S/C26H24FN3O3S.C9H13NO/c1-15-14-21(18-6-8-19(27)9-7-18)22-23(24(26(31)32)34-25(22)29-15)30-16(2)28-13-12-17-4-10-20(33-3)11-5-17;1-11-9-4-2-8(3-5-9)6-7-10/h4-11,14H,12-13H2,1-3H3,(H,28,30)(H,31,32);2-5H,6-7,10H2,1H3. The van der Waals surface area contributed by atoms with Crippen molar-refractivity contribution < 1.29 is 23.8 Å². The Bertz CT molecular complexity index is 1750. The van der Waals surface area contributed by atoms with Gasteiger partial charge in [-0.2, -0.15) is 0 Å². The summed E-state index contributed by atoms with van der Waals surface area (Å²) in [7, 11) is 3.30. The molecule has 8 nitrogen and oxygen atoms in total. The van der Waals surface area contributed by atoms with Crippen molar-refractivity contribution in [1.29, 1.82) is 0 Å². The number of carboxylic acid groups (broad SMARTS) is 1. The van der Waals surface area contributed by atoms with Crippen LogP contribution in [-0.2, 0) is 12.8 Å². The van der Waals surface area contributed by atoms with Crippen LogP contribution in [0, 0.1) is 12.7 Å². The highest BCUT2D eigenvalue weighted by Crippen LogP contribution is 2.41.